The minimum absolute atomic E-state index is 0.0564. The van der Waals surface area contributed by atoms with Crippen LogP contribution >= 0.6 is 0 Å². The fourth-order valence-electron chi connectivity index (χ4n) is 3.47. The van der Waals surface area contributed by atoms with E-state index in [2.05, 4.69) is 15.2 Å². The Morgan fingerprint density at radius 2 is 1.97 bits per heavy atom. The van der Waals surface area contributed by atoms with Gasteiger partial charge in [-0.05, 0) is 26.0 Å². The molecule has 0 spiro atoms. The van der Waals surface area contributed by atoms with Crippen LogP contribution < -0.4 is 5.73 Å². The molecule has 0 bridgehead atoms. The van der Waals surface area contributed by atoms with Crippen LogP contribution in [0, 0.1) is 6.92 Å². The van der Waals surface area contributed by atoms with Gasteiger partial charge in [0, 0.05) is 38.6 Å². The smallest absolute Gasteiger partial charge is 0.267 e. The van der Waals surface area contributed by atoms with Crippen LogP contribution in [0.5, 0.6) is 0 Å². The lowest BCUT2D eigenvalue weighted by molar-refractivity contribution is 0.00789. The summed E-state index contributed by atoms with van der Waals surface area (Å²) in [7, 11) is 3.55. The molecular formula is C20H22F2N8O. The number of nitrogens with zero attached hydrogens (tertiary/aromatic N) is 7. The van der Waals surface area contributed by atoms with Gasteiger partial charge in [-0.1, -0.05) is 0 Å². The van der Waals surface area contributed by atoms with Gasteiger partial charge in [0.05, 0.1) is 23.1 Å². The number of nitrogens with two attached hydrogens (primary N) is 1. The van der Waals surface area contributed by atoms with Gasteiger partial charge in [-0.25, -0.2) is 18.7 Å². The summed E-state index contributed by atoms with van der Waals surface area (Å²) >= 11 is 0. The third-order valence-electron chi connectivity index (χ3n) is 5.01. The van der Waals surface area contributed by atoms with E-state index < -0.39 is 11.8 Å². The average Bonchev–Trinajstić information content (AvgIpc) is 3.36. The molecule has 2 N–H and O–H groups in total. The van der Waals surface area contributed by atoms with E-state index in [1.807, 2.05) is 0 Å². The number of fused-ring (bicyclic) bond motifs is 1. The zero-order valence-corrected chi connectivity index (χ0v) is 17.6. The lowest BCUT2D eigenvalue weighted by Crippen LogP contribution is -2.15. The highest BCUT2D eigenvalue weighted by atomic mass is 19.3. The molecule has 0 aliphatic rings. The number of carbonyl (C=O) groups is 1. The van der Waals surface area contributed by atoms with Crippen LogP contribution in [0.15, 0.2) is 24.5 Å². The van der Waals surface area contributed by atoms with Gasteiger partial charge < -0.3 is 10.3 Å². The topological polar surface area (TPSA) is 109 Å². The summed E-state index contributed by atoms with van der Waals surface area (Å²) < 4.78 is 31.7. The van der Waals surface area contributed by atoms with Crippen molar-refractivity contribution >= 4 is 16.8 Å². The molecule has 4 aromatic rings. The maximum absolute atomic E-state index is 13.4. The molecule has 0 atom stereocenters. The molecule has 162 valence electrons. The molecule has 31 heavy (non-hydrogen) atoms. The molecule has 0 saturated heterocycles. The van der Waals surface area contributed by atoms with Gasteiger partial charge in [-0.3, -0.25) is 14.2 Å². The monoisotopic (exact) mass is 428 g/mol. The summed E-state index contributed by atoms with van der Waals surface area (Å²) in [5.41, 5.74) is 8.59. The van der Waals surface area contributed by atoms with Crippen molar-refractivity contribution in [1.29, 1.82) is 0 Å². The number of hydrogen-bond acceptors (Lipinski definition) is 5. The van der Waals surface area contributed by atoms with Gasteiger partial charge in [0.2, 0.25) is 5.92 Å². The largest absolute Gasteiger partial charge is 0.364 e. The number of imidazole rings is 1. The van der Waals surface area contributed by atoms with Crippen molar-refractivity contribution < 1.29 is 13.6 Å². The summed E-state index contributed by atoms with van der Waals surface area (Å²) in [5, 5.41) is 9.29. The summed E-state index contributed by atoms with van der Waals surface area (Å²) in [6.07, 6.45) is 3.08. The number of carbonyl (C=O) groups excluding carboxylic acids is 1. The molecule has 0 aliphatic heterocycles. The van der Waals surface area contributed by atoms with E-state index in [1.165, 1.54) is 4.68 Å². The third-order valence-corrected chi connectivity index (χ3v) is 5.01. The van der Waals surface area contributed by atoms with Crippen LogP contribution in [-0.4, -0.2) is 45.9 Å². The van der Waals surface area contributed by atoms with Gasteiger partial charge in [-0.15, -0.1) is 0 Å². The normalized spacial score (nSPS) is 12.1. The Balaban J connectivity index is 1.83. The Labute approximate surface area is 176 Å². The molecule has 4 aromatic heterocycles. The van der Waals surface area contributed by atoms with E-state index >= 15 is 0 Å². The molecule has 9 nitrogen and oxygen atoms in total. The molecule has 0 aromatic carbocycles. The van der Waals surface area contributed by atoms with Crippen LogP contribution in [0.1, 0.15) is 29.5 Å². The molecule has 0 fully saturated rings. The van der Waals surface area contributed by atoms with Crippen molar-refractivity contribution in [2.24, 2.45) is 19.8 Å². The van der Waals surface area contributed by atoms with Crippen LogP contribution in [0.4, 0.5) is 8.78 Å². The molecule has 0 aliphatic carbocycles. The summed E-state index contributed by atoms with van der Waals surface area (Å²) in [4.78, 5) is 20.9. The molecule has 4 heterocycles. The molecule has 0 radical (unpaired) electrons. The van der Waals surface area contributed by atoms with E-state index in [0.29, 0.717) is 39.5 Å². The summed E-state index contributed by atoms with van der Waals surface area (Å²) in [5.74, 6) is -2.97. The second-order valence-electron chi connectivity index (χ2n) is 7.70. The van der Waals surface area contributed by atoms with Gasteiger partial charge in [0.1, 0.15) is 17.1 Å². The SMILES string of the molecule is Cc1cc(-c2cn(C)c(-c3nc(C(N)=O)cc4c3cnn4C)n2)n(CCC(C)(F)F)n1. The lowest BCUT2D eigenvalue weighted by atomic mass is 10.2. The fourth-order valence-corrected chi connectivity index (χ4v) is 3.47. The zero-order valence-electron chi connectivity index (χ0n) is 17.6. The fraction of sp³-hybridized carbons (Fsp3) is 0.350. The number of pyridine rings is 1. The van der Waals surface area contributed by atoms with Gasteiger partial charge >= 0.3 is 0 Å². The van der Waals surface area contributed by atoms with E-state index in [-0.39, 0.29) is 18.7 Å². The second kappa shape index (κ2) is 7.25. The number of rotatable bonds is 6. The number of amides is 1. The first kappa shape index (κ1) is 20.6. The minimum atomic E-state index is -2.79. The Morgan fingerprint density at radius 1 is 1.23 bits per heavy atom. The minimum Gasteiger partial charge on any atom is -0.364 e. The first-order chi connectivity index (χ1) is 14.5. The van der Waals surface area contributed by atoms with Crippen molar-refractivity contribution in [1.82, 2.24) is 34.1 Å². The lowest BCUT2D eigenvalue weighted by Gasteiger charge is -2.11. The van der Waals surface area contributed by atoms with Crippen molar-refractivity contribution in [3.8, 4) is 22.9 Å². The zero-order chi connectivity index (χ0) is 22.5. The third kappa shape index (κ3) is 3.90. The van der Waals surface area contributed by atoms with Crippen molar-refractivity contribution in [3.63, 3.8) is 0 Å². The number of alkyl halides is 2. The summed E-state index contributed by atoms with van der Waals surface area (Å²) in [6.45, 7) is 2.74. The van der Waals surface area contributed by atoms with E-state index in [0.717, 1.165) is 6.92 Å². The van der Waals surface area contributed by atoms with Gasteiger partial charge in [0.25, 0.3) is 5.91 Å². The average molecular weight is 428 g/mol. The van der Waals surface area contributed by atoms with Crippen LogP contribution in [0.2, 0.25) is 0 Å². The van der Waals surface area contributed by atoms with Crippen LogP contribution in [-0.2, 0) is 20.6 Å². The molecule has 4 rings (SSSR count). The van der Waals surface area contributed by atoms with Crippen molar-refractivity contribution in [2.45, 2.75) is 32.7 Å². The predicted octanol–water partition coefficient (Wildman–Crippen LogP) is 2.68. The molecule has 0 saturated carbocycles. The number of hydrogen-bond donors (Lipinski definition) is 1. The van der Waals surface area contributed by atoms with Gasteiger partial charge in [0.15, 0.2) is 5.82 Å². The first-order valence-electron chi connectivity index (χ1n) is 9.62. The first-order valence-corrected chi connectivity index (χ1v) is 9.62. The number of primary amides is 1. The maximum atomic E-state index is 13.4. The Morgan fingerprint density at radius 3 is 2.65 bits per heavy atom. The molecular weight excluding hydrogens is 406 g/mol. The van der Waals surface area contributed by atoms with E-state index in [4.69, 9.17) is 10.7 Å². The number of aromatic nitrogens is 7. The van der Waals surface area contributed by atoms with Crippen molar-refractivity contribution in [3.05, 3.63) is 35.9 Å². The second-order valence-corrected chi connectivity index (χ2v) is 7.70. The quantitative estimate of drug-likeness (QED) is 0.508. The standard InChI is InChI=1S/C20H22F2N8O/c1-11-7-16(30(27-11)6-5-20(2,21)22)14-10-28(3)19(26-14)17-12-9-24-29(4)15(12)8-13(25-17)18(23)31/h7-10H,5-6H2,1-4H3,(H2,23,31). The van der Waals surface area contributed by atoms with Gasteiger partial charge in [-0.2, -0.15) is 10.2 Å². The van der Waals surface area contributed by atoms with Crippen LogP contribution in [0.25, 0.3) is 33.8 Å². The highest BCUT2D eigenvalue weighted by Gasteiger charge is 2.23. The Bertz CT molecular complexity index is 1290. The molecule has 1 amide bonds. The number of aryl methyl sites for hydroxylation is 4. The van der Waals surface area contributed by atoms with Crippen LogP contribution in [0.3, 0.4) is 0 Å². The maximum Gasteiger partial charge on any atom is 0.267 e. The number of halogens is 2. The Hall–Kier alpha value is -3.63. The van der Waals surface area contributed by atoms with Crippen molar-refractivity contribution in [2.75, 3.05) is 0 Å². The van der Waals surface area contributed by atoms with E-state index in [1.54, 1.807) is 54.8 Å². The molecule has 0 unspecified atom stereocenters. The van der Waals surface area contributed by atoms with E-state index in [9.17, 15) is 13.6 Å². The highest BCUT2D eigenvalue weighted by Crippen LogP contribution is 2.30. The highest BCUT2D eigenvalue weighted by molar-refractivity contribution is 5.99. The Kier molecular flexibility index (Phi) is 4.83. The summed E-state index contributed by atoms with van der Waals surface area (Å²) in [6, 6.07) is 3.38. The molecule has 11 heteroatoms. The predicted molar refractivity (Wildman–Crippen MR) is 110 cm³/mol.